The van der Waals surface area contributed by atoms with Crippen LogP contribution in [0.4, 0.5) is 5.69 Å². The molecule has 2 aromatic heterocycles. The van der Waals surface area contributed by atoms with Gasteiger partial charge in [0, 0.05) is 40.8 Å². The molecule has 1 saturated heterocycles. The minimum atomic E-state index is 0.213. The van der Waals surface area contributed by atoms with Crippen molar-refractivity contribution in [1.29, 1.82) is 16.2 Å². The number of nitrogens with zero attached hydrogens (tertiary/aromatic N) is 3. The van der Waals surface area contributed by atoms with Crippen molar-refractivity contribution in [2.24, 2.45) is 0 Å². The number of nitrogens with one attached hydrogen (secondary N) is 3. The van der Waals surface area contributed by atoms with Crippen molar-refractivity contribution in [3.05, 3.63) is 59.8 Å². The van der Waals surface area contributed by atoms with Crippen molar-refractivity contribution in [3.63, 3.8) is 0 Å². The first kappa shape index (κ1) is 19.4. The van der Waals surface area contributed by atoms with Gasteiger partial charge in [-0.2, -0.15) is 0 Å². The third-order valence-corrected chi connectivity index (χ3v) is 5.71. The average molecular weight is 407 g/mol. The quantitative estimate of drug-likeness (QED) is 0.353. The molecular weight excluding hydrogens is 384 g/mol. The molecule has 7 nitrogen and oxygen atoms in total. The van der Waals surface area contributed by atoms with Crippen molar-refractivity contribution in [2.45, 2.75) is 11.8 Å². The van der Waals surface area contributed by atoms with E-state index in [4.69, 9.17) is 21.0 Å². The molecule has 0 aliphatic carbocycles. The van der Waals surface area contributed by atoms with Gasteiger partial charge in [-0.1, -0.05) is 11.8 Å². The maximum atomic E-state index is 8.45. The van der Waals surface area contributed by atoms with Gasteiger partial charge in [0.1, 0.15) is 5.49 Å². The van der Waals surface area contributed by atoms with E-state index in [1.165, 1.54) is 16.3 Å². The molecule has 0 radical (unpaired) electrons. The number of benzene rings is 1. The first-order valence-corrected chi connectivity index (χ1v) is 10.1. The highest BCUT2D eigenvalue weighted by molar-refractivity contribution is 8.13. The minimum Gasteiger partial charge on any atom is -0.378 e. The molecule has 1 fully saturated rings. The predicted molar refractivity (Wildman–Crippen MR) is 117 cm³/mol. The number of ether oxygens (including phenoxy) is 1. The minimum absolute atomic E-state index is 0.213. The Labute approximate surface area is 172 Å². The first-order chi connectivity index (χ1) is 14.0. The highest BCUT2D eigenvalue weighted by Gasteiger charge is 2.13. The van der Waals surface area contributed by atoms with Gasteiger partial charge in [0.05, 0.1) is 30.6 Å². The van der Waals surface area contributed by atoms with E-state index in [0.717, 1.165) is 47.8 Å². The maximum absolute atomic E-state index is 8.45. The normalized spacial score (nSPS) is 14.2. The Morgan fingerprint density at radius 2 is 1.90 bits per heavy atom. The second-order valence-corrected chi connectivity index (χ2v) is 7.91. The van der Waals surface area contributed by atoms with Crippen LogP contribution in [0.5, 0.6) is 0 Å². The van der Waals surface area contributed by atoms with Crippen LogP contribution >= 0.6 is 11.8 Å². The molecule has 3 heterocycles. The summed E-state index contributed by atoms with van der Waals surface area (Å²) in [6, 6.07) is 11.4. The molecule has 3 N–H and O–H groups in total. The topological polar surface area (TPSA) is 102 Å². The number of thioether (sulfide) groups is 1. The number of anilines is 1. The van der Waals surface area contributed by atoms with Gasteiger partial charge < -0.3 is 15.0 Å². The Balaban J connectivity index is 1.61. The summed E-state index contributed by atoms with van der Waals surface area (Å²) >= 11 is 1.28. The molecule has 0 amide bonds. The van der Waals surface area contributed by atoms with Crippen LogP contribution in [0, 0.1) is 16.2 Å². The molecule has 0 atom stereocenters. The van der Waals surface area contributed by atoms with Crippen molar-refractivity contribution in [1.82, 2.24) is 9.55 Å². The van der Waals surface area contributed by atoms with Gasteiger partial charge in [0.2, 0.25) is 0 Å². The van der Waals surface area contributed by atoms with Crippen molar-refractivity contribution >= 4 is 39.2 Å². The number of rotatable bonds is 3. The van der Waals surface area contributed by atoms with E-state index in [0.29, 0.717) is 11.3 Å². The Bertz CT molecular complexity index is 1150. The van der Waals surface area contributed by atoms with E-state index in [-0.39, 0.29) is 10.7 Å². The van der Waals surface area contributed by atoms with Crippen LogP contribution in [-0.2, 0) is 4.74 Å². The van der Waals surface area contributed by atoms with Crippen molar-refractivity contribution < 1.29 is 4.74 Å². The number of pyridine rings is 2. The molecule has 1 aliphatic heterocycles. The average Bonchev–Trinajstić information content (AvgIpc) is 2.74. The molecular formula is C21H22N6OS. The number of hydrogen-bond donors (Lipinski definition) is 3. The van der Waals surface area contributed by atoms with Gasteiger partial charge in [-0.15, -0.1) is 0 Å². The van der Waals surface area contributed by atoms with E-state index in [2.05, 4.69) is 16.0 Å². The third kappa shape index (κ3) is 4.23. The molecule has 0 bridgehead atoms. The van der Waals surface area contributed by atoms with E-state index < -0.39 is 0 Å². The highest BCUT2D eigenvalue weighted by atomic mass is 32.2. The van der Waals surface area contributed by atoms with E-state index in [1.807, 2.05) is 24.4 Å². The van der Waals surface area contributed by atoms with Gasteiger partial charge in [-0.25, -0.2) is 0 Å². The lowest BCUT2D eigenvalue weighted by molar-refractivity contribution is 0.122. The standard InChI is InChI=1S/C21H22N6OS/c1-14(22)15-2-5-20(23)27(13-15)21(24)29-18-3-4-19-16(11-18)10-17(12-25-19)26-6-8-28-9-7-26/h2-5,10-13,22-24H,6-9H2,1H3. The molecule has 3 aromatic rings. The molecule has 0 saturated carbocycles. The summed E-state index contributed by atoms with van der Waals surface area (Å²) in [6.07, 6.45) is 3.56. The Morgan fingerprint density at radius 3 is 2.66 bits per heavy atom. The molecule has 148 valence electrons. The van der Waals surface area contributed by atoms with Gasteiger partial charge in [-0.3, -0.25) is 20.4 Å². The monoisotopic (exact) mass is 406 g/mol. The van der Waals surface area contributed by atoms with Gasteiger partial charge >= 0.3 is 0 Å². The summed E-state index contributed by atoms with van der Waals surface area (Å²) in [6.45, 7) is 4.87. The summed E-state index contributed by atoms with van der Waals surface area (Å²) in [4.78, 5) is 7.75. The molecule has 1 aliphatic rings. The predicted octanol–water partition coefficient (Wildman–Crippen LogP) is 3.32. The van der Waals surface area contributed by atoms with Gasteiger partial charge in [-0.05, 0) is 43.3 Å². The second kappa shape index (κ2) is 8.18. The first-order valence-electron chi connectivity index (χ1n) is 9.33. The van der Waals surface area contributed by atoms with Crippen LogP contribution in [0.2, 0.25) is 0 Å². The lowest BCUT2D eigenvalue weighted by atomic mass is 10.2. The van der Waals surface area contributed by atoms with Crippen LogP contribution in [-0.4, -0.2) is 46.7 Å². The number of fused-ring (bicyclic) bond motifs is 1. The summed E-state index contributed by atoms with van der Waals surface area (Å²) in [5.74, 6) is 0. The fourth-order valence-corrected chi connectivity index (χ4v) is 4.00. The third-order valence-electron chi connectivity index (χ3n) is 4.83. The van der Waals surface area contributed by atoms with Crippen LogP contribution in [0.15, 0.2) is 53.7 Å². The van der Waals surface area contributed by atoms with E-state index >= 15 is 0 Å². The molecule has 0 unspecified atom stereocenters. The second-order valence-electron chi connectivity index (χ2n) is 6.85. The number of aromatic nitrogens is 2. The van der Waals surface area contributed by atoms with Gasteiger partial charge in [0.15, 0.2) is 5.17 Å². The summed E-state index contributed by atoms with van der Waals surface area (Å²) in [5.41, 5.74) is 3.31. The molecule has 4 rings (SSSR count). The largest absolute Gasteiger partial charge is 0.378 e. The Morgan fingerprint density at radius 1 is 1.10 bits per heavy atom. The lowest BCUT2D eigenvalue weighted by Gasteiger charge is -2.28. The maximum Gasteiger partial charge on any atom is 0.171 e. The molecule has 29 heavy (non-hydrogen) atoms. The number of hydrogen-bond acceptors (Lipinski definition) is 7. The Kier molecular flexibility index (Phi) is 5.46. The number of morpholine rings is 1. The zero-order valence-corrected chi connectivity index (χ0v) is 16.9. The van der Waals surface area contributed by atoms with Crippen LogP contribution in [0.25, 0.3) is 10.9 Å². The Hall–Kier alpha value is -2.97. The highest BCUT2D eigenvalue weighted by Crippen LogP contribution is 2.27. The van der Waals surface area contributed by atoms with Crippen LogP contribution in [0.1, 0.15) is 12.5 Å². The molecule has 1 aromatic carbocycles. The SMILES string of the molecule is CC(=N)c1ccc(=N)n(C(=N)Sc2ccc3ncc(N4CCOCC4)cc3c2)c1. The fourth-order valence-electron chi connectivity index (χ4n) is 3.21. The van der Waals surface area contributed by atoms with Crippen molar-refractivity contribution in [2.75, 3.05) is 31.2 Å². The molecule has 8 heteroatoms. The van der Waals surface area contributed by atoms with Gasteiger partial charge in [0.25, 0.3) is 0 Å². The molecule has 0 spiro atoms. The van der Waals surface area contributed by atoms with E-state index in [9.17, 15) is 0 Å². The smallest absolute Gasteiger partial charge is 0.171 e. The van der Waals surface area contributed by atoms with Crippen molar-refractivity contribution in [3.8, 4) is 0 Å². The summed E-state index contributed by atoms with van der Waals surface area (Å²) in [7, 11) is 0. The zero-order valence-electron chi connectivity index (χ0n) is 16.1. The van der Waals surface area contributed by atoms with E-state index in [1.54, 1.807) is 25.3 Å². The van der Waals surface area contributed by atoms with Crippen LogP contribution < -0.4 is 10.4 Å². The lowest BCUT2D eigenvalue weighted by Crippen LogP contribution is -2.36. The van der Waals surface area contributed by atoms with Crippen LogP contribution in [0.3, 0.4) is 0 Å². The summed E-state index contributed by atoms with van der Waals surface area (Å²) < 4.78 is 6.92. The fraction of sp³-hybridized carbons (Fsp3) is 0.238. The zero-order chi connectivity index (χ0) is 20.4. The summed E-state index contributed by atoms with van der Waals surface area (Å²) in [5, 5.41) is 25.6.